The molecule has 2 aromatic carbocycles. The van der Waals surface area contributed by atoms with Gasteiger partial charge in [-0.25, -0.2) is 4.39 Å². The summed E-state index contributed by atoms with van der Waals surface area (Å²) < 4.78 is 13.4. The second-order valence-electron chi connectivity index (χ2n) is 5.16. The summed E-state index contributed by atoms with van der Waals surface area (Å²) in [5.74, 6) is 5.22. The number of benzene rings is 2. The molecule has 4 heteroatoms. The fraction of sp³-hybridized carbons (Fsp3) is 0.294. The normalized spacial score (nSPS) is 12.3. The van der Waals surface area contributed by atoms with Crippen molar-refractivity contribution in [3.63, 3.8) is 0 Å². The van der Waals surface area contributed by atoms with E-state index in [1.807, 2.05) is 24.3 Å². The van der Waals surface area contributed by atoms with E-state index in [0.717, 1.165) is 24.8 Å². The van der Waals surface area contributed by atoms with E-state index in [2.05, 4.69) is 17.6 Å². The van der Waals surface area contributed by atoms with Gasteiger partial charge in [0.15, 0.2) is 0 Å². The van der Waals surface area contributed by atoms with Gasteiger partial charge < -0.3 is 0 Å². The Hall–Kier alpha value is -1.42. The van der Waals surface area contributed by atoms with Crippen LogP contribution in [-0.2, 0) is 12.8 Å². The number of hydrogen-bond acceptors (Lipinski definition) is 2. The molecule has 2 nitrogen and oxygen atoms in total. The Morgan fingerprint density at radius 2 is 1.86 bits per heavy atom. The molecule has 0 spiro atoms. The quantitative estimate of drug-likeness (QED) is 0.602. The van der Waals surface area contributed by atoms with Gasteiger partial charge in [0.05, 0.1) is 5.02 Å². The Balaban J connectivity index is 1.87. The molecular weight excluding hydrogens is 287 g/mol. The molecule has 0 aliphatic carbocycles. The van der Waals surface area contributed by atoms with Gasteiger partial charge in [-0.1, -0.05) is 54.1 Å². The Kier molecular flexibility index (Phi) is 6.18. The average molecular weight is 307 g/mol. The first-order valence-electron chi connectivity index (χ1n) is 7.13. The third-order valence-electron chi connectivity index (χ3n) is 3.59. The third-order valence-corrected chi connectivity index (χ3v) is 4.02. The smallest absolute Gasteiger partial charge is 0.142 e. The Morgan fingerprint density at radius 3 is 2.57 bits per heavy atom. The summed E-state index contributed by atoms with van der Waals surface area (Å²) in [6.45, 7) is 0. The molecule has 0 heterocycles. The molecule has 0 aromatic heterocycles. The first kappa shape index (κ1) is 16.0. The van der Waals surface area contributed by atoms with Crippen LogP contribution in [0.1, 0.15) is 24.0 Å². The van der Waals surface area contributed by atoms with Crippen molar-refractivity contribution in [2.24, 2.45) is 5.84 Å². The van der Waals surface area contributed by atoms with Crippen molar-refractivity contribution < 1.29 is 4.39 Å². The van der Waals surface area contributed by atoms with Gasteiger partial charge in [-0.2, -0.15) is 0 Å². The van der Waals surface area contributed by atoms with Gasteiger partial charge in [0.25, 0.3) is 0 Å². The Bertz CT molecular complexity index is 560. The van der Waals surface area contributed by atoms with Gasteiger partial charge in [0, 0.05) is 6.04 Å². The summed E-state index contributed by atoms with van der Waals surface area (Å²) in [6, 6.07) is 15.3. The zero-order valence-corrected chi connectivity index (χ0v) is 12.6. The van der Waals surface area contributed by atoms with Crippen molar-refractivity contribution in [3.8, 4) is 0 Å². The van der Waals surface area contributed by atoms with Crippen molar-refractivity contribution in [3.05, 3.63) is 70.5 Å². The van der Waals surface area contributed by atoms with Gasteiger partial charge in [-0.15, -0.1) is 0 Å². The van der Waals surface area contributed by atoms with Crippen molar-refractivity contribution in [2.75, 3.05) is 0 Å². The lowest BCUT2D eigenvalue weighted by molar-refractivity contribution is 0.475. The number of nitrogens with one attached hydrogen (secondary N) is 1. The predicted octanol–water partition coefficient (Wildman–Crippen LogP) is 3.88. The third kappa shape index (κ3) is 4.81. The zero-order chi connectivity index (χ0) is 15.1. The standard InChI is InChI=1S/C17H20ClFN2/c18-17-14(9-5-11-16(17)19)12-15(21-20)10-4-8-13-6-2-1-3-7-13/h1-3,5-7,9,11,15,21H,4,8,10,12,20H2. The average Bonchev–Trinajstić information content (AvgIpc) is 2.51. The minimum Gasteiger partial charge on any atom is -0.271 e. The number of hydrogen-bond donors (Lipinski definition) is 2. The van der Waals surface area contributed by atoms with E-state index in [-0.39, 0.29) is 16.9 Å². The highest BCUT2D eigenvalue weighted by Gasteiger charge is 2.12. The van der Waals surface area contributed by atoms with Gasteiger partial charge in [0.1, 0.15) is 5.82 Å². The van der Waals surface area contributed by atoms with Crippen LogP contribution in [0.2, 0.25) is 5.02 Å². The van der Waals surface area contributed by atoms with Gasteiger partial charge >= 0.3 is 0 Å². The van der Waals surface area contributed by atoms with Crippen LogP contribution in [0, 0.1) is 5.82 Å². The minimum atomic E-state index is -0.380. The number of aryl methyl sites for hydroxylation is 1. The Morgan fingerprint density at radius 1 is 1.10 bits per heavy atom. The SMILES string of the molecule is NNC(CCCc1ccccc1)Cc1cccc(F)c1Cl. The highest BCUT2D eigenvalue weighted by atomic mass is 35.5. The van der Waals surface area contributed by atoms with Crippen molar-refractivity contribution in [1.82, 2.24) is 5.43 Å². The van der Waals surface area contributed by atoms with E-state index in [4.69, 9.17) is 17.4 Å². The summed E-state index contributed by atoms with van der Waals surface area (Å²) in [5.41, 5.74) is 4.91. The second-order valence-corrected chi connectivity index (χ2v) is 5.54. The van der Waals surface area contributed by atoms with Crippen LogP contribution in [0.5, 0.6) is 0 Å². The molecular formula is C17H20ClFN2. The van der Waals surface area contributed by atoms with Gasteiger partial charge in [0.2, 0.25) is 0 Å². The second kappa shape index (κ2) is 8.13. The maximum Gasteiger partial charge on any atom is 0.142 e. The van der Waals surface area contributed by atoms with Crippen LogP contribution in [0.25, 0.3) is 0 Å². The van der Waals surface area contributed by atoms with Crippen LogP contribution < -0.4 is 11.3 Å². The number of halogens is 2. The lowest BCUT2D eigenvalue weighted by Crippen LogP contribution is -2.36. The van der Waals surface area contributed by atoms with Gasteiger partial charge in [-0.05, 0) is 42.9 Å². The fourth-order valence-corrected chi connectivity index (χ4v) is 2.62. The van der Waals surface area contributed by atoms with Crippen molar-refractivity contribution in [1.29, 1.82) is 0 Å². The van der Waals surface area contributed by atoms with Crippen LogP contribution in [0.3, 0.4) is 0 Å². The van der Waals surface area contributed by atoms with Gasteiger partial charge in [-0.3, -0.25) is 11.3 Å². The number of rotatable bonds is 7. The monoisotopic (exact) mass is 306 g/mol. The lowest BCUT2D eigenvalue weighted by atomic mass is 9.99. The molecule has 0 aliphatic heterocycles. The largest absolute Gasteiger partial charge is 0.271 e. The van der Waals surface area contributed by atoms with E-state index in [1.165, 1.54) is 11.6 Å². The van der Waals surface area contributed by atoms with Crippen molar-refractivity contribution in [2.45, 2.75) is 31.7 Å². The summed E-state index contributed by atoms with van der Waals surface area (Å²) in [7, 11) is 0. The maximum absolute atomic E-state index is 13.4. The molecule has 1 atom stereocenters. The summed E-state index contributed by atoms with van der Waals surface area (Å²) in [6.07, 6.45) is 3.57. The molecule has 0 radical (unpaired) electrons. The molecule has 0 bridgehead atoms. The molecule has 0 aliphatic rings. The molecule has 2 rings (SSSR count). The molecule has 0 saturated heterocycles. The highest BCUT2D eigenvalue weighted by Crippen LogP contribution is 2.22. The molecule has 0 amide bonds. The molecule has 1 unspecified atom stereocenters. The van der Waals surface area contributed by atoms with Crippen molar-refractivity contribution >= 4 is 11.6 Å². The van der Waals surface area contributed by atoms with E-state index in [0.29, 0.717) is 6.42 Å². The van der Waals surface area contributed by atoms with E-state index >= 15 is 0 Å². The van der Waals surface area contributed by atoms with Crippen LogP contribution in [-0.4, -0.2) is 6.04 Å². The summed E-state index contributed by atoms with van der Waals surface area (Å²) in [4.78, 5) is 0. The molecule has 3 N–H and O–H groups in total. The molecule has 21 heavy (non-hydrogen) atoms. The fourth-order valence-electron chi connectivity index (χ4n) is 2.41. The Labute approximate surface area is 130 Å². The van der Waals surface area contributed by atoms with Crippen LogP contribution in [0.15, 0.2) is 48.5 Å². The lowest BCUT2D eigenvalue weighted by Gasteiger charge is -2.16. The van der Waals surface area contributed by atoms with E-state index in [9.17, 15) is 4.39 Å². The molecule has 0 saturated carbocycles. The topological polar surface area (TPSA) is 38.0 Å². The van der Waals surface area contributed by atoms with E-state index in [1.54, 1.807) is 6.07 Å². The summed E-state index contributed by atoms with van der Waals surface area (Å²) in [5, 5.41) is 0.195. The van der Waals surface area contributed by atoms with E-state index < -0.39 is 0 Å². The molecule has 112 valence electrons. The maximum atomic E-state index is 13.4. The zero-order valence-electron chi connectivity index (χ0n) is 11.9. The predicted molar refractivity (Wildman–Crippen MR) is 85.6 cm³/mol. The minimum absolute atomic E-state index is 0.0908. The van der Waals surface area contributed by atoms with Crippen LogP contribution >= 0.6 is 11.6 Å². The number of hydrazine groups is 1. The first-order valence-corrected chi connectivity index (χ1v) is 7.51. The molecule has 2 aromatic rings. The first-order chi connectivity index (χ1) is 10.2. The molecule has 0 fully saturated rings. The van der Waals surface area contributed by atoms with Crippen LogP contribution in [0.4, 0.5) is 4.39 Å². The summed E-state index contributed by atoms with van der Waals surface area (Å²) >= 11 is 5.98. The number of nitrogens with two attached hydrogens (primary N) is 1. The highest BCUT2D eigenvalue weighted by molar-refractivity contribution is 6.31.